The van der Waals surface area contributed by atoms with Crippen LogP contribution in [0.5, 0.6) is 5.75 Å². The molecule has 2 unspecified atom stereocenters. The number of rotatable bonds is 8. The van der Waals surface area contributed by atoms with Gasteiger partial charge in [-0.2, -0.15) is 0 Å². The number of nitrogens with zero attached hydrogens (tertiary/aromatic N) is 1. The molecule has 1 N–H and O–H groups in total. The quantitative estimate of drug-likeness (QED) is 0.340. The lowest BCUT2D eigenvalue weighted by atomic mass is 9.82. The third-order valence-corrected chi connectivity index (χ3v) is 9.10. The molecule has 34 heavy (non-hydrogen) atoms. The van der Waals surface area contributed by atoms with Crippen LogP contribution in [0.1, 0.15) is 74.4 Å². The Labute approximate surface area is 209 Å². The molecule has 0 bridgehead atoms. The minimum Gasteiger partial charge on any atom is -0.507 e. The van der Waals surface area contributed by atoms with E-state index < -0.39 is 0 Å². The smallest absolute Gasteiger partial charge is 0.122 e. The standard InChI is InChI=1S/C31H42NOP/c1-9-31(7,27-19-26(30(4,5)6)18-23(3)28(27)33)34-29-22(2)14-13-17-25(29)21-32(8)20-24-15-11-10-12-16-24/h10-19,33-34H,9,20-21H2,1-8H3. The van der Waals surface area contributed by atoms with Gasteiger partial charge in [-0.3, -0.25) is 4.90 Å². The van der Waals surface area contributed by atoms with E-state index in [9.17, 15) is 5.11 Å². The fourth-order valence-corrected chi connectivity index (χ4v) is 6.19. The van der Waals surface area contributed by atoms with Crippen LogP contribution in [0.4, 0.5) is 0 Å². The number of hydrogen-bond donors (Lipinski definition) is 1. The number of benzene rings is 3. The van der Waals surface area contributed by atoms with Gasteiger partial charge in [0.15, 0.2) is 0 Å². The van der Waals surface area contributed by atoms with Crippen molar-refractivity contribution < 1.29 is 5.11 Å². The molecule has 0 aliphatic heterocycles. The van der Waals surface area contributed by atoms with Crippen molar-refractivity contribution in [2.24, 2.45) is 0 Å². The topological polar surface area (TPSA) is 23.5 Å². The van der Waals surface area contributed by atoms with Crippen molar-refractivity contribution in [1.29, 1.82) is 0 Å². The second-order valence-electron chi connectivity index (χ2n) is 11.0. The molecule has 0 spiro atoms. The van der Waals surface area contributed by atoms with E-state index in [4.69, 9.17) is 0 Å². The van der Waals surface area contributed by atoms with E-state index in [1.54, 1.807) is 0 Å². The Hall–Kier alpha value is -2.15. The molecule has 0 fully saturated rings. The van der Waals surface area contributed by atoms with Gasteiger partial charge in [-0.15, -0.1) is 0 Å². The average molecular weight is 476 g/mol. The van der Waals surface area contributed by atoms with Gasteiger partial charge in [0, 0.05) is 23.8 Å². The van der Waals surface area contributed by atoms with Crippen LogP contribution in [-0.4, -0.2) is 17.1 Å². The van der Waals surface area contributed by atoms with Gasteiger partial charge >= 0.3 is 0 Å². The average Bonchev–Trinajstić information content (AvgIpc) is 2.77. The molecule has 3 aromatic rings. The van der Waals surface area contributed by atoms with Crippen LogP contribution in [0.3, 0.4) is 0 Å². The van der Waals surface area contributed by atoms with Crippen LogP contribution >= 0.6 is 8.58 Å². The summed E-state index contributed by atoms with van der Waals surface area (Å²) < 4.78 is 0. The van der Waals surface area contributed by atoms with E-state index in [0.29, 0.717) is 14.3 Å². The molecule has 182 valence electrons. The lowest BCUT2D eigenvalue weighted by Crippen LogP contribution is -2.26. The highest BCUT2D eigenvalue weighted by molar-refractivity contribution is 7.48. The normalized spacial score (nSPS) is 14.1. The van der Waals surface area contributed by atoms with Crippen molar-refractivity contribution in [3.63, 3.8) is 0 Å². The van der Waals surface area contributed by atoms with Crippen molar-refractivity contribution in [3.05, 3.63) is 94.0 Å². The van der Waals surface area contributed by atoms with Crippen molar-refractivity contribution >= 4 is 13.9 Å². The summed E-state index contributed by atoms with van der Waals surface area (Å²) in [6, 6.07) is 21.8. The Balaban J connectivity index is 1.97. The molecule has 0 heterocycles. The first kappa shape index (κ1) is 26.5. The van der Waals surface area contributed by atoms with E-state index in [2.05, 4.69) is 114 Å². The predicted octanol–water partition coefficient (Wildman–Crippen LogP) is 7.57. The molecular weight excluding hydrogens is 433 g/mol. The highest BCUT2D eigenvalue weighted by Crippen LogP contribution is 2.49. The van der Waals surface area contributed by atoms with Crippen molar-refractivity contribution in [1.82, 2.24) is 4.90 Å². The number of phenolic OH excluding ortho intramolecular Hbond substituents is 1. The zero-order valence-electron chi connectivity index (χ0n) is 22.3. The van der Waals surface area contributed by atoms with E-state index in [1.807, 2.05) is 6.92 Å². The van der Waals surface area contributed by atoms with Gasteiger partial charge in [0.1, 0.15) is 5.75 Å². The molecule has 2 atom stereocenters. The van der Waals surface area contributed by atoms with Gasteiger partial charge in [-0.25, -0.2) is 0 Å². The molecule has 0 aliphatic carbocycles. The van der Waals surface area contributed by atoms with Crippen LogP contribution in [0, 0.1) is 13.8 Å². The maximum Gasteiger partial charge on any atom is 0.122 e. The van der Waals surface area contributed by atoms with Crippen LogP contribution in [-0.2, 0) is 23.7 Å². The van der Waals surface area contributed by atoms with Gasteiger partial charge in [0.25, 0.3) is 0 Å². The van der Waals surface area contributed by atoms with E-state index in [1.165, 1.54) is 27.6 Å². The first-order valence-corrected chi connectivity index (χ1v) is 13.4. The molecular formula is C31H42NOP. The van der Waals surface area contributed by atoms with Crippen molar-refractivity contribution in [3.8, 4) is 5.75 Å². The van der Waals surface area contributed by atoms with Crippen molar-refractivity contribution in [2.45, 2.75) is 78.5 Å². The predicted molar refractivity (Wildman–Crippen MR) is 150 cm³/mol. The Morgan fingerprint density at radius 2 is 1.53 bits per heavy atom. The molecule has 0 saturated carbocycles. The van der Waals surface area contributed by atoms with Gasteiger partial charge in [-0.05, 0) is 65.9 Å². The monoisotopic (exact) mass is 475 g/mol. The molecule has 3 heteroatoms. The SMILES string of the molecule is CCC(C)(Pc1c(C)cccc1CN(C)Cc1ccccc1)c1cc(C(C)(C)C)cc(C)c1O. The molecule has 0 radical (unpaired) electrons. The molecule has 0 saturated heterocycles. The summed E-state index contributed by atoms with van der Waals surface area (Å²) in [5.74, 6) is 0.459. The number of phenols is 1. The van der Waals surface area contributed by atoms with E-state index in [0.717, 1.165) is 30.6 Å². The number of hydrogen-bond acceptors (Lipinski definition) is 2. The fourth-order valence-electron chi connectivity index (χ4n) is 4.54. The van der Waals surface area contributed by atoms with Crippen LogP contribution < -0.4 is 5.30 Å². The van der Waals surface area contributed by atoms with Crippen molar-refractivity contribution in [2.75, 3.05) is 7.05 Å². The number of aryl methyl sites for hydroxylation is 2. The molecule has 0 amide bonds. The molecule has 0 aliphatic rings. The maximum atomic E-state index is 11.2. The Morgan fingerprint density at radius 1 is 0.853 bits per heavy atom. The zero-order chi connectivity index (χ0) is 25.1. The van der Waals surface area contributed by atoms with Crippen LogP contribution in [0.25, 0.3) is 0 Å². The highest BCUT2D eigenvalue weighted by Gasteiger charge is 2.32. The van der Waals surface area contributed by atoms with Gasteiger partial charge in [0.05, 0.1) is 0 Å². The lowest BCUT2D eigenvalue weighted by molar-refractivity contribution is 0.320. The first-order chi connectivity index (χ1) is 15.9. The van der Waals surface area contributed by atoms with Crippen LogP contribution in [0.2, 0.25) is 0 Å². The summed E-state index contributed by atoms with van der Waals surface area (Å²) in [5, 5.41) is 12.5. The summed E-state index contributed by atoms with van der Waals surface area (Å²) in [6.07, 6.45) is 0.972. The Morgan fingerprint density at radius 3 is 2.15 bits per heavy atom. The third-order valence-electron chi connectivity index (χ3n) is 6.96. The second kappa shape index (κ2) is 10.6. The summed E-state index contributed by atoms with van der Waals surface area (Å²) in [5.41, 5.74) is 7.45. The summed E-state index contributed by atoms with van der Waals surface area (Å²) in [4.78, 5) is 2.39. The lowest BCUT2D eigenvalue weighted by Gasteiger charge is -2.34. The molecule has 0 aromatic heterocycles. The Kier molecular flexibility index (Phi) is 8.27. The largest absolute Gasteiger partial charge is 0.507 e. The molecule has 2 nitrogen and oxygen atoms in total. The van der Waals surface area contributed by atoms with E-state index in [-0.39, 0.29) is 10.6 Å². The number of aromatic hydroxyl groups is 1. The van der Waals surface area contributed by atoms with E-state index >= 15 is 0 Å². The first-order valence-electron chi connectivity index (χ1n) is 12.4. The van der Waals surface area contributed by atoms with Gasteiger partial charge in [-0.1, -0.05) is 104 Å². The van der Waals surface area contributed by atoms with Gasteiger partial charge in [0.2, 0.25) is 0 Å². The minimum atomic E-state index is -0.130. The fraction of sp³-hybridized carbons (Fsp3) is 0.419. The zero-order valence-corrected chi connectivity index (χ0v) is 23.3. The Bertz CT molecular complexity index is 1120. The third kappa shape index (κ3) is 6.09. The minimum absolute atomic E-state index is 0.0406. The second-order valence-corrected chi connectivity index (χ2v) is 12.9. The highest BCUT2D eigenvalue weighted by atomic mass is 31.1. The summed E-state index contributed by atoms with van der Waals surface area (Å²) in [6.45, 7) is 17.4. The summed E-state index contributed by atoms with van der Waals surface area (Å²) in [7, 11) is 2.77. The van der Waals surface area contributed by atoms with Gasteiger partial charge < -0.3 is 5.11 Å². The van der Waals surface area contributed by atoms with Crippen LogP contribution in [0.15, 0.2) is 60.7 Å². The molecule has 3 rings (SSSR count). The molecule has 3 aromatic carbocycles. The maximum absolute atomic E-state index is 11.2. The summed E-state index contributed by atoms with van der Waals surface area (Å²) >= 11 is 0.